The second kappa shape index (κ2) is 6.89. The van der Waals surface area contributed by atoms with Crippen LogP contribution in [0.25, 0.3) is 10.9 Å². The number of carbonyl (C=O) groups excluding carboxylic acids is 1. The van der Waals surface area contributed by atoms with Crippen LogP contribution in [0.3, 0.4) is 0 Å². The summed E-state index contributed by atoms with van der Waals surface area (Å²) in [5, 5.41) is 4.98. The Bertz CT molecular complexity index is 909. The van der Waals surface area contributed by atoms with Gasteiger partial charge >= 0.3 is 5.97 Å². The van der Waals surface area contributed by atoms with Crippen LogP contribution in [-0.2, 0) is 16.0 Å². The lowest BCUT2D eigenvalue weighted by Crippen LogP contribution is -2.10. The topological polar surface area (TPSA) is 51.2 Å². The molecule has 24 heavy (non-hydrogen) atoms. The highest BCUT2D eigenvalue weighted by atomic mass is 35.5. The van der Waals surface area contributed by atoms with Crippen LogP contribution in [0, 0.1) is 6.92 Å². The molecule has 0 amide bonds. The van der Waals surface area contributed by atoms with Gasteiger partial charge in [-0.25, -0.2) is 0 Å². The van der Waals surface area contributed by atoms with Gasteiger partial charge in [0.1, 0.15) is 0 Å². The van der Waals surface area contributed by atoms with Gasteiger partial charge in [0.2, 0.25) is 0 Å². The zero-order chi connectivity index (χ0) is 17.1. The van der Waals surface area contributed by atoms with E-state index < -0.39 is 0 Å². The van der Waals surface area contributed by atoms with E-state index in [4.69, 9.17) is 16.3 Å². The number of esters is 1. The monoisotopic (exact) mass is 340 g/mol. The van der Waals surface area contributed by atoms with Gasteiger partial charge < -0.3 is 10.1 Å². The highest BCUT2D eigenvalue weighted by molar-refractivity contribution is 6.30. The third-order valence-electron chi connectivity index (χ3n) is 3.84. The first kappa shape index (κ1) is 16.3. The highest BCUT2D eigenvalue weighted by Crippen LogP contribution is 2.32. The molecule has 0 aliphatic carbocycles. The normalized spacial score (nSPS) is 10.6. The molecule has 1 aromatic heterocycles. The summed E-state index contributed by atoms with van der Waals surface area (Å²) in [4.78, 5) is 16.4. The molecule has 0 aliphatic rings. The summed E-state index contributed by atoms with van der Waals surface area (Å²) in [6, 6.07) is 15.3. The summed E-state index contributed by atoms with van der Waals surface area (Å²) in [6.45, 7) is 1.90. The van der Waals surface area contributed by atoms with Crippen molar-refractivity contribution in [1.29, 1.82) is 0 Å². The second-order valence-electron chi connectivity index (χ2n) is 5.46. The first-order valence-corrected chi connectivity index (χ1v) is 7.94. The molecule has 0 atom stereocenters. The predicted octanol–water partition coefficient (Wildman–Crippen LogP) is 4.66. The zero-order valence-corrected chi connectivity index (χ0v) is 14.2. The van der Waals surface area contributed by atoms with E-state index in [9.17, 15) is 4.79 Å². The number of hydrogen-bond donors (Lipinski definition) is 1. The van der Waals surface area contributed by atoms with E-state index in [1.165, 1.54) is 7.11 Å². The number of rotatable bonds is 4. The molecule has 0 unspecified atom stereocenters. The van der Waals surface area contributed by atoms with E-state index in [1.807, 2.05) is 55.5 Å². The quantitative estimate of drug-likeness (QED) is 0.702. The molecule has 0 aliphatic heterocycles. The lowest BCUT2D eigenvalue weighted by Gasteiger charge is -2.17. The number of benzene rings is 2. The maximum Gasteiger partial charge on any atom is 0.310 e. The third-order valence-corrected chi connectivity index (χ3v) is 4.08. The number of halogens is 1. The maximum absolute atomic E-state index is 11.8. The van der Waals surface area contributed by atoms with E-state index in [0.717, 1.165) is 33.5 Å². The number of fused-ring (bicyclic) bond motifs is 1. The summed E-state index contributed by atoms with van der Waals surface area (Å²) >= 11 is 6.08. The van der Waals surface area contributed by atoms with E-state index in [2.05, 4.69) is 10.3 Å². The first-order chi connectivity index (χ1) is 11.6. The van der Waals surface area contributed by atoms with Crippen LogP contribution in [-0.4, -0.2) is 18.1 Å². The van der Waals surface area contributed by atoms with Crippen molar-refractivity contribution in [2.75, 3.05) is 12.4 Å². The fourth-order valence-electron chi connectivity index (χ4n) is 2.66. The van der Waals surface area contributed by atoms with Crippen LogP contribution in [0.2, 0.25) is 5.02 Å². The van der Waals surface area contributed by atoms with Gasteiger partial charge in [-0.3, -0.25) is 9.78 Å². The number of aromatic nitrogens is 1. The largest absolute Gasteiger partial charge is 0.469 e. The number of methoxy groups -OCH3 is 1. The fourth-order valence-corrected chi connectivity index (χ4v) is 2.85. The van der Waals surface area contributed by atoms with Gasteiger partial charge in [0.15, 0.2) is 0 Å². The Hall–Kier alpha value is -2.59. The molecule has 3 aromatic rings. The van der Waals surface area contributed by atoms with Crippen molar-refractivity contribution in [3.63, 3.8) is 0 Å². The fraction of sp³-hybridized carbons (Fsp3) is 0.158. The summed E-state index contributed by atoms with van der Waals surface area (Å²) < 4.78 is 4.83. The van der Waals surface area contributed by atoms with Crippen LogP contribution in [0.1, 0.15) is 11.3 Å². The van der Waals surface area contributed by atoms with Crippen LogP contribution in [0.15, 0.2) is 48.5 Å². The number of nitrogens with zero attached hydrogens (tertiary/aromatic N) is 1. The predicted molar refractivity (Wildman–Crippen MR) is 96.9 cm³/mol. The van der Waals surface area contributed by atoms with Gasteiger partial charge in [0, 0.05) is 27.4 Å². The van der Waals surface area contributed by atoms with Gasteiger partial charge in [-0.2, -0.15) is 0 Å². The molecule has 1 N–H and O–H groups in total. The number of hydrogen-bond acceptors (Lipinski definition) is 4. The van der Waals surface area contributed by atoms with E-state index in [1.54, 1.807) is 0 Å². The Morgan fingerprint density at radius 2 is 2.00 bits per heavy atom. The number of carbonyl (C=O) groups is 1. The standard InChI is InChI=1S/C19H17ClN2O2/c1-12-16(11-18(23)24-2)19(15-8-3-4-9-17(15)21-12)22-14-7-5-6-13(20)10-14/h3-10H,11H2,1-2H3,(H,21,22). The average Bonchev–Trinajstić information content (AvgIpc) is 2.57. The molecule has 0 fully saturated rings. The average molecular weight is 341 g/mol. The Labute approximate surface area is 145 Å². The van der Waals surface area contributed by atoms with E-state index in [0.29, 0.717) is 5.02 Å². The van der Waals surface area contributed by atoms with Crippen LogP contribution >= 0.6 is 11.6 Å². The molecule has 0 saturated carbocycles. The minimum Gasteiger partial charge on any atom is -0.469 e. The third kappa shape index (κ3) is 3.34. The number of anilines is 2. The number of aryl methyl sites for hydroxylation is 1. The zero-order valence-electron chi connectivity index (χ0n) is 13.5. The Morgan fingerprint density at radius 3 is 2.75 bits per heavy atom. The number of nitrogens with one attached hydrogen (secondary N) is 1. The molecular weight excluding hydrogens is 324 g/mol. The number of para-hydroxylation sites is 1. The van der Waals surface area contributed by atoms with Crippen molar-refractivity contribution in [2.24, 2.45) is 0 Å². The van der Waals surface area contributed by atoms with Gasteiger partial charge in [0.05, 0.1) is 24.7 Å². The smallest absolute Gasteiger partial charge is 0.310 e. The lowest BCUT2D eigenvalue weighted by molar-refractivity contribution is -0.139. The number of pyridine rings is 1. The molecule has 1 heterocycles. The summed E-state index contributed by atoms with van der Waals surface area (Å²) in [5.41, 5.74) is 4.19. The Balaban J connectivity index is 2.17. The molecule has 2 aromatic carbocycles. The first-order valence-electron chi connectivity index (χ1n) is 7.56. The highest BCUT2D eigenvalue weighted by Gasteiger charge is 2.16. The van der Waals surface area contributed by atoms with Gasteiger partial charge in [-0.05, 0) is 31.2 Å². The summed E-state index contributed by atoms with van der Waals surface area (Å²) in [6.07, 6.45) is 0.156. The van der Waals surface area contributed by atoms with Crippen LogP contribution in [0.4, 0.5) is 11.4 Å². The maximum atomic E-state index is 11.8. The van der Waals surface area contributed by atoms with Crippen molar-refractivity contribution in [3.05, 3.63) is 64.8 Å². The molecular formula is C19H17ClN2O2. The van der Waals surface area contributed by atoms with Gasteiger partial charge in [-0.1, -0.05) is 35.9 Å². The van der Waals surface area contributed by atoms with Crippen molar-refractivity contribution in [2.45, 2.75) is 13.3 Å². The minimum atomic E-state index is -0.302. The van der Waals surface area contributed by atoms with E-state index in [-0.39, 0.29) is 12.4 Å². The van der Waals surface area contributed by atoms with Crippen molar-refractivity contribution in [3.8, 4) is 0 Å². The van der Waals surface area contributed by atoms with Crippen molar-refractivity contribution >= 4 is 39.8 Å². The van der Waals surface area contributed by atoms with E-state index >= 15 is 0 Å². The van der Waals surface area contributed by atoms with Crippen LogP contribution < -0.4 is 5.32 Å². The molecule has 0 bridgehead atoms. The SMILES string of the molecule is COC(=O)Cc1c(C)nc2ccccc2c1Nc1cccc(Cl)c1. The number of ether oxygens (including phenoxy) is 1. The van der Waals surface area contributed by atoms with Crippen LogP contribution in [0.5, 0.6) is 0 Å². The molecule has 0 saturated heterocycles. The van der Waals surface area contributed by atoms with Crippen molar-refractivity contribution < 1.29 is 9.53 Å². The molecule has 0 spiro atoms. The molecule has 5 heteroatoms. The second-order valence-corrected chi connectivity index (χ2v) is 5.89. The Morgan fingerprint density at radius 1 is 1.21 bits per heavy atom. The summed E-state index contributed by atoms with van der Waals surface area (Å²) in [5.74, 6) is -0.302. The minimum absolute atomic E-state index is 0.156. The molecule has 3 rings (SSSR count). The molecule has 4 nitrogen and oxygen atoms in total. The van der Waals surface area contributed by atoms with Gasteiger partial charge in [0.25, 0.3) is 0 Å². The molecule has 0 radical (unpaired) electrons. The Kier molecular flexibility index (Phi) is 4.67. The summed E-state index contributed by atoms with van der Waals surface area (Å²) in [7, 11) is 1.39. The van der Waals surface area contributed by atoms with Crippen molar-refractivity contribution in [1.82, 2.24) is 4.98 Å². The lowest BCUT2D eigenvalue weighted by atomic mass is 10.0. The molecule has 122 valence electrons. The van der Waals surface area contributed by atoms with Gasteiger partial charge in [-0.15, -0.1) is 0 Å².